The summed E-state index contributed by atoms with van der Waals surface area (Å²) in [6.07, 6.45) is 0.802. The molecule has 7 nitrogen and oxygen atoms in total. The molecule has 0 aliphatic carbocycles. The van der Waals surface area contributed by atoms with Gasteiger partial charge in [-0.25, -0.2) is 9.78 Å². The van der Waals surface area contributed by atoms with E-state index >= 15 is 0 Å². The van der Waals surface area contributed by atoms with Gasteiger partial charge in [-0.2, -0.15) is 0 Å². The topological polar surface area (TPSA) is 90.1 Å². The maximum absolute atomic E-state index is 11.8. The second-order valence-corrected chi connectivity index (χ2v) is 5.23. The van der Waals surface area contributed by atoms with E-state index in [4.69, 9.17) is 0 Å². The molecule has 3 N–H and O–H groups in total. The third-order valence-corrected chi connectivity index (χ3v) is 3.25. The molecule has 2 aromatic rings. The smallest absolute Gasteiger partial charge is 0.321 e. The van der Waals surface area contributed by atoms with Crippen LogP contribution in [-0.4, -0.2) is 36.1 Å². The van der Waals surface area contributed by atoms with Crippen LogP contribution in [0.4, 0.5) is 16.4 Å². The Balaban J connectivity index is 1.71. The van der Waals surface area contributed by atoms with Crippen molar-refractivity contribution in [2.75, 3.05) is 30.4 Å². The number of urea groups is 1. The molecule has 0 saturated carbocycles. The number of anilines is 2. The Kier molecular flexibility index (Phi) is 5.74. The summed E-state index contributed by atoms with van der Waals surface area (Å²) in [5, 5.41) is 5.25. The van der Waals surface area contributed by atoms with E-state index in [1.165, 1.54) is 6.07 Å². The fourth-order valence-corrected chi connectivity index (χ4v) is 2.12. The summed E-state index contributed by atoms with van der Waals surface area (Å²) in [7, 11) is 2.01. The van der Waals surface area contributed by atoms with Crippen molar-refractivity contribution in [3.63, 3.8) is 0 Å². The van der Waals surface area contributed by atoms with Crippen LogP contribution in [-0.2, 0) is 0 Å². The summed E-state index contributed by atoms with van der Waals surface area (Å²) in [5.41, 5.74) is 1.39. The molecular weight excluding hydrogens is 294 g/mol. The molecule has 1 aromatic carbocycles. The molecule has 7 heteroatoms. The van der Waals surface area contributed by atoms with Gasteiger partial charge < -0.3 is 10.2 Å². The average Bonchev–Trinajstić information content (AvgIpc) is 2.51. The number of carbonyl (C=O) groups is 1. The Morgan fingerprint density at radius 3 is 2.74 bits per heavy atom. The van der Waals surface area contributed by atoms with Gasteiger partial charge in [0, 0.05) is 37.6 Å². The van der Waals surface area contributed by atoms with E-state index in [2.05, 4.69) is 25.5 Å². The van der Waals surface area contributed by atoms with Crippen LogP contribution in [0.5, 0.6) is 0 Å². The van der Waals surface area contributed by atoms with Gasteiger partial charge in [0.2, 0.25) is 5.95 Å². The number of aryl methyl sites for hydroxylation is 1. The van der Waals surface area contributed by atoms with Crippen LogP contribution in [0, 0.1) is 6.92 Å². The van der Waals surface area contributed by atoms with Crippen LogP contribution in [0.1, 0.15) is 12.1 Å². The third kappa shape index (κ3) is 5.46. The zero-order chi connectivity index (χ0) is 16.7. The number of hydrogen-bond acceptors (Lipinski definition) is 4. The summed E-state index contributed by atoms with van der Waals surface area (Å²) < 4.78 is 0. The Hall–Kier alpha value is -2.83. The SMILES string of the molecule is Cc1cc(=O)[nH]c(NC(=O)NCCCN(C)c2ccccc2)n1. The first-order chi connectivity index (χ1) is 11.0. The van der Waals surface area contributed by atoms with Crippen molar-refractivity contribution >= 4 is 17.7 Å². The molecule has 0 fully saturated rings. The number of aromatic nitrogens is 2. The van der Waals surface area contributed by atoms with Crippen LogP contribution in [0.25, 0.3) is 0 Å². The fourth-order valence-electron chi connectivity index (χ4n) is 2.12. The molecule has 0 atom stereocenters. The number of rotatable bonds is 6. The van der Waals surface area contributed by atoms with Crippen molar-refractivity contribution in [2.45, 2.75) is 13.3 Å². The number of nitrogens with zero attached hydrogens (tertiary/aromatic N) is 2. The molecule has 0 bridgehead atoms. The number of hydrogen-bond donors (Lipinski definition) is 3. The first-order valence-corrected chi connectivity index (χ1v) is 7.43. The zero-order valence-electron chi connectivity index (χ0n) is 13.3. The van der Waals surface area contributed by atoms with Gasteiger partial charge >= 0.3 is 6.03 Å². The number of para-hydroxylation sites is 1. The quantitative estimate of drug-likeness (QED) is 0.708. The Morgan fingerprint density at radius 1 is 1.30 bits per heavy atom. The van der Waals surface area contributed by atoms with Crippen molar-refractivity contribution in [1.29, 1.82) is 0 Å². The lowest BCUT2D eigenvalue weighted by atomic mass is 10.3. The second-order valence-electron chi connectivity index (χ2n) is 5.23. The Morgan fingerprint density at radius 2 is 2.04 bits per heavy atom. The monoisotopic (exact) mass is 315 g/mol. The molecule has 23 heavy (non-hydrogen) atoms. The molecule has 122 valence electrons. The minimum absolute atomic E-state index is 0.147. The Bertz CT molecular complexity index is 699. The third-order valence-electron chi connectivity index (χ3n) is 3.25. The molecule has 2 rings (SSSR count). The first-order valence-electron chi connectivity index (χ1n) is 7.43. The summed E-state index contributed by atoms with van der Waals surface area (Å²) in [6, 6.07) is 11.0. The number of H-pyrrole nitrogens is 1. The predicted octanol–water partition coefficient (Wildman–Crippen LogP) is 1.73. The molecule has 1 heterocycles. The van der Waals surface area contributed by atoms with Gasteiger partial charge in [-0.1, -0.05) is 18.2 Å². The largest absolute Gasteiger partial charge is 0.375 e. The lowest BCUT2D eigenvalue weighted by Gasteiger charge is -2.19. The molecular formula is C16H21N5O2. The summed E-state index contributed by atoms with van der Waals surface area (Å²) >= 11 is 0. The molecule has 0 saturated heterocycles. The zero-order valence-corrected chi connectivity index (χ0v) is 13.3. The number of benzene rings is 1. The molecule has 0 aliphatic rings. The normalized spacial score (nSPS) is 10.2. The highest BCUT2D eigenvalue weighted by atomic mass is 16.2. The van der Waals surface area contributed by atoms with Crippen molar-refractivity contribution in [2.24, 2.45) is 0 Å². The van der Waals surface area contributed by atoms with E-state index < -0.39 is 0 Å². The molecule has 2 amide bonds. The van der Waals surface area contributed by atoms with E-state index in [0.29, 0.717) is 12.2 Å². The van der Waals surface area contributed by atoms with Crippen LogP contribution < -0.4 is 21.1 Å². The van der Waals surface area contributed by atoms with Gasteiger partial charge in [-0.05, 0) is 25.5 Å². The molecule has 0 radical (unpaired) electrons. The van der Waals surface area contributed by atoms with Crippen LogP contribution in [0.2, 0.25) is 0 Å². The van der Waals surface area contributed by atoms with Crippen molar-refractivity contribution in [3.8, 4) is 0 Å². The lowest BCUT2D eigenvalue weighted by molar-refractivity contribution is 0.252. The van der Waals surface area contributed by atoms with Crippen molar-refractivity contribution in [1.82, 2.24) is 15.3 Å². The van der Waals surface area contributed by atoms with Gasteiger partial charge in [0.15, 0.2) is 0 Å². The van der Waals surface area contributed by atoms with E-state index in [1.807, 2.05) is 37.4 Å². The maximum Gasteiger partial charge on any atom is 0.321 e. The number of amides is 2. The molecule has 0 spiro atoms. The predicted molar refractivity (Wildman–Crippen MR) is 90.9 cm³/mol. The average molecular weight is 315 g/mol. The summed E-state index contributed by atoms with van der Waals surface area (Å²) in [4.78, 5) is 31.7. The highest BCUT2D eigenvalue weighted by Crippen LogP contribution is 2.10. The standard InChI is InChI=1S/C16H21N5O2/c1-12-11-14(22)19-15(18-12)20-16(23)17-9-6-10-21(2)13-7-4-3-5-8-13/h3-5,7-8,11H,6,9-10H2,1-2H3,(H3,17,18,19,20,22,23). The van der Waals surface area contributed by atoms with Crippen LogP contribution in [0.15, 0.2) is 41.2 Å². The van der Waals surface area contributed by atoms with Gasteiger partial charge in [-0.3, -0.25) is 15.1 Å². The van der Waals surface area contributed by atoms with Crippen LogP contribution in [0.3, 0.4) is 0 Å². The van der Waals surface area contributed by atoms with Crippen LogP contribution >= 0.6 is 0 Å². The second kappa shape index (κ2) is 7.98. The van der Waals surface area contributed by atoms with Gasteiger partial charge in [0.25, 0.3) is 5.56 Å². The summed E-state index contributed by atoms with van der Waals surface area (Å²) in [6.45, 7) is 3.04. The van der Waals surface area contributed by atoms with E-state index in [-0.39, 0.29) is 17.5 Å². The highest BCUT2D eigenvalue weighted by molar-refractivity contribution is 5.87. The van der Waals surface area contributed by atoms with Gasteiger partial charge in [0.05, 0.1) is 0 Å². The maximum atomic E-state index is 11.8. The highest BCUT2D eigenvalue weighted by Gasteiger charge is 2.04. The Labute approximate surface area is 134 Å². The van der Waals surface area contributed by atoms with Crippen molar-refractivity contribution < 1.29 is 4.79 Å². The number of carbonyl (C=O) groups excluding carboxylic acids is 1. The lowest BCUT2D eigenvalue weighted by Crippen LogP contribution is -2.32. The number of aromatic amines is 1. The molecule has 1 aromatic heterocycles. The van der Waals surface area contributed by atoms with E-state index in [1.54, 1.807) is 6.92 Å². The van der Waals surface area contributed by atoms with Gasteiger partial charge in [-0.15, -0.1) is 0 Å². The minimum atomic E-state index is -0.388. The number of nitrogens with one attached hydrogen (secondary N) is 3. The van der Waals surface area contributed by atoms with E-state index in [0.717, 1.165) is 18.7 Å². The first kappa shape index (κ1) is 16.5. The van der Waals surface area contributed by atoms with Gasteiger partial charge in [0.1, 0.15) is 0 Å². The summed E-state index contributed by atoms with van der Waals surface area (Å²) in [5.74, 6) is 0.147. The fraction of sp³-hybridized carbons (Fsp3) is 0.312. The molecule has 0 unspecified atom stereocenters. The van der Waals surface area contributed by atoms with Crippen molar-refractivity contribution in [3.05, 3.63) is 52.4 Å². The minimum Gasteiger partial charge on any atom is -0.375 e. The van der Waals surface area contributed by atoms with E-state index in [9.17, 15) is 9.59 Å². The molecule has 0 aliphatic heterocycles.